The summed E-state index contributed by atoms with van der Waals surface area (Å²) < 4.78 is 5.63. The predicted octanol–water partition coefficient (Wildman–Crippen LogP) is 2.20. The number of hydrogen-bond donors (Lipinski definition) is 1. The maximum absolute atomic E-state index is 8.77. The van der Waals surface area contributed by atoms with Crippen LogP contribution in [0.4, 0.5) is 11.4 Å². The Hall–Kier alpha value is -1.73. The molecule has 0 bridgehead atoms. The second kappa shape index (κ2) is 6.44. The van der Waals surface area contributed by atoms with Gasteiger partial charge in [0.25, 0.3) is 0 Å². The minimum Gasteiger partial charge on any atom is -0.398 e. The van der Waals surface area contributed by atoms with Crippen molar-refractivity contribution in [2.24, 2.45) is 5.92 Å². The summed E-state index contributed by atoms with van der Waals surface area (Å²) in [4.78, 5) is 2.13. The molecule has 2 rings (SSSR count). The third-order valence-corrected chi connectivity index (χ3v) is 3.46. The number of benzene rings is 1. The van der Waals surface area contributed by atoms with Crippen molar-refractivity contribution in [1.29, 1.82) is 5.26 Å². The lowest BCUT2D eigenvalue weighted by Crippen LogP contribution is -2.23. The highest BCUT2D eigenvalue weighted by molar-refractivity contribution is 5.58. The summed E-state index contributed by atoms with van der Waals surface area (Å²) >= 11 is 0. The van der Waals surface area contributed by atoms with Crippen molar-refractivity contribution in [3.05, 3.63) is 23.8 Å². The largest absolute Gasteiger partial charge is 0.398 e. The van der Waals surface area contributed by atoms with E-state index in [9.17, 15) is 0 Å². The van der Waals surface area contributed by atoms with Crippen LogP contribution in [0.3, 0.4) is 0 Å². The van der Waals surface area contributed by atoms with Crippen LogP contribution in [0.2, 0.25) is 0 Å². The Labute approximate surface area is 114 Å². The first-order valence-electron chi connectivity index (χ1n) is 6.75. The van der Waals surface area contributed by atoms with Crippen molar-refractivity contribution < 1.29 is 4.74 Å². The van der Waals surface area contributed by atoms with Gasteiger partial charge in [0.05, 0.1) is 19.1 Å². The summed E-state index contributed by atoms with van der Waals surface area (Å²) in [6.07, 6.45) is 3.00. The summed E-state index contributed by atoms with van der Waals surface area (Å²) in [5.41, 5.74) is 8.50. The molecule has 0 heterocycles. The Bertz CT molecular complexity index is 463. The molecule has 4 heteroatoms. The van der Waals surface area contributed by atoms with Crippen LogP contribution in [0.5, 0.6) is 0 Å². The van der Waals surface area contributed by atoms with Crippen LogP contribution in [-0.4, -0.2) is 26.8 Å². The van der Waals surface area contributed by atoms with Gasteiger partial charge in [-0.15, -0.1) is 0 Å². The van der Waals surface area contributed by atoms with E-state index in [1.54, 1.807) is 0 Å². The molecule has 102 valence electrons. The van der Waals surface area contributed by atoms with Gasteiger partial charge in [-0.05, 0) is 42.5 Å². The number of nitrogens with two attached hydrogens (primary N) is 1. The minimum absolute atomic E-state index is 0.353. The van der Waals surface area contributed by atoms with E-state index in [2.05, 4.69) is 11.0 Å². The Balaban J connectivity index is 1.84. The Morgan fingerprint density at radius 3 is 2.95 bits per heavy atom. The molecule has 0 aromatic heterocycles. The van der Waals surface area contributed by atoms with Crippen molar-refractivity contribution in [1.82, 2.24) is 0 Å². The van der Waals surface area contributed by atoms with E-state index in [0.29, 0.717) is 12.1 Å². The predicted molar refractivity (Wildman–Crippen MR) is 77.0 cm³/mol. The van der Waals surface area contributed by atoms with Crippen molar-refractivity contribution in [3.63, 3.8) is 0 Å². The molecule has 0 saturated heterocycles. The number of anilines is 2. The quantitative estimate of drug-likeness (QED) is 0.602. The highest BCUT2D eigenvalue weighted by Crippen LogP contribution is 2.28. The second-order valence-corrected chi connectivity index (χ2v) is 5.16. The number of nitrogen functional groups attached to an aromatic ring is 1. The molecule has 1 saturated carbocycles. The van der Waals surface area contributed by atoms with Crippen LogP contribution < -0.4 is 10.6 Å². The third-order valence-electron chi connectivity index (χ3n) is 3.46. The number of nitrogens with zero attached hydrogens (tertiary/aromatic N) is 2. The first kappa shape index (κ1) is 13.7. The molecular formula is C15H21N3O. The lowest BCUT2D eigenvalue weighted by atomic mass is 10.1. The molecule has 2 N–H and O–H groups in total. The van der Waals surface area contributed by atoms with E-state index in [1.165, 1.54) is 12.8 Å². The second-order valence-electron chi connectivity index (χ2n) is 5.16. The molecule has 1 fully saturated rings. The number of nitriles is 1. The molecular weight excluding hydrogens is 238 g/mol. The fraction of sp³-hybridized carbons (Fsp3) is 0.533. The number of rotatable bonds is 7. The summed E-state index contributed by atoms with van der Waals surface area (Å²) in [7, 11) is 2.03. The Morgan fingerprint density at radius 2 is 2.26 bits per heavy atom. The summed E-state index contributed by atoms with van der Waals surface area (Å²) in [5, 5.41) is 8.77. The average Bonchev–Trinajstić information content (AvgIpc) is 3.21. The normalized spacial score (nSPS) is 14.1. The smallest absolute Gasteiger partial charge is 0.0670 e. The van der Waals surface area contributed by atoms with E-state index in [0.717, 1.165) is 36.9 Å². The SMILES string of the molecule is CN(CCOCC1CC1)c1ccc(N)c(CC#N)c1. The molecule has 0 unspecified atom stereocenters. The Kier molecular flexibility index (Phi) is 4.64. The molecule has 0 amide bonds. The van der Waals surface area contributed by atoms with E-state index in [1.807, 2.05) is 25.2 Å². The van der Waals surface area contributed by atoms with Gasteiger partial charge in [0, 0.05) is 31.6 Å². The lowest BCUT2D eigenvalue weighted by molar-refractivity contribution is 0.131. The molecule has 0 aliphatic heterocycles. The zero-order chi connectivity index (χ0) is 13.7. The maximum atomic E-state index is 8.77. The van der Waals surface area contributed by atoms with E-state index in [-0.39, 0.29) is 0 Å². The zero-order valence-electron chi connectivity index (χ0n) is 11.4. The van der Waals surface area contributed by atoms with Gasteiger partial charge in [-0.25, -0.2) is 0 Å². The van der Waals surface area contributed by atoms with Crippen molar-refractivity contribution in [2.75, 3.05) is 37.4 Å². The molecule has 1 aliphatic carbocycles. The zero-order valence-corrected chi connectivity index (χ0v) is 11.4. The molecule has 0 spiro atoms. The van der Waals surface area contributed by atoms with Gasteiger partial charge in [-0.2, -0.15) is 5.26 Å². The van der Waals surface area contributed by atoms with Gasteiger partial charge in [-0.3, -0.25) is 0 Å². The molecule has 1 aliphatic rings. The summed E-state index contributed by atoms with van der Waals surface area (Å²) in [6, 6.07) is 7.97. The lowest BCUT2D eigenvalue weighted by Gasteiger charge is -2.20. The van der Waals surface area contributed by atoms with Gasteiger partial charge >= 0.3 is 0 Å². The van der Waals surface area contributed by atoms with Gasteiger partial charge < -0.3 is 15.4 Å². The number of likely N-dealkylation sites (N-methyl/N-ethyl adjacent to an activating group) is 1. The molecule has 1 aromatic carbocycles. The highest BCUT2D eigenvalue weighted by atomic mass is 16.5. The van der Waals surface area contributed by atoms with Crippen LogP contribution in [0, 0.1) is 17.2 Å². The monoisotopic (exact) mass is 259 g/mol. The minimum atomic E-state index is 0.353. The fourth-order valence-corrected chi connectivity index (χ4v) is 1.93. The van der Waals surface area contributed by atoms with Crippen LogP contribution in [-0.2, 0) is 11.2 Å². The summed E-state index contributed by atoms with van der Waals surface area (Å²) in [5.74, 6) is 0.809. The number of ether oxygens (including phenoxy) is 1. The van der Waals surface area contributed by atoms with Gasteiger partial charge in [-0.1, -0.05) is 0 Å². The highest BCUT2D eigenvalue weighted by Gasteiger charge is 2.20. The van der Waals surface area contributed by atoms with Crippen molar-refractivity contribution in [2.45, 2.75) is 19.3 Å². The van der Waals surface area contributed by atoms with Crippen molar-refractivity contribution in [3.8, 4) is 6.07 Å². The Morgan fingerprint density at radius 1 is 1.47 bits per heavy atom. The van der Waals surface area contributed by atoms with Gasteiger partial charge in [0.1, 0.15) is 0 Å². The van der Waals surface area contributed by atoms with Gasteiger partial charge in [0.2, 0.25) is 0 Å². The van der Waals surface area contributed by atoms with Crippen molar-refractivity contribution >= 4 is 11.4 Å². The fourth-order valence-electron chi connectivity index (χ4n) is 1.93. The topological polar surface area (TPSA) is 62.3 Å². The first-order valence-corrected chi connectivity index (χ1v) is 6.75. The van der Waals surface area contributed by atoms with Gasteiger partial charge in [0.15, 0.2) is 0 Å². The van der Waals surface area contributed by atoms with Crippen LogP contribution in [0.25, 0.3) is 0 Å². The third kappa shape index (κ3) is 4.15. The first-order chi connectivity index (χ1) is 9.20. The molecule has 4 nitrogen and oxygen atoms in total. The number of hydrogen-bond acceptors (Lipinski definition) is 4. The van der Waals surface area contributed by atoms with Crippen LogP contribution in [0.1, 0.15) is 18.4 Å². The van der Waals surface area contributed by atoms with E-state index in [4.69, 9.17) is 15.7 Å². The maximum Gasteiger partial charge on any atom is 0.0670 e. The standard InChI is InChI=1S/C15H21N3O/c1-18(8-9-19-11-12-2-3-12)14-4-5-15(17)13(10-14)6-7-16/h4-5,10,12H,2-3,6,8-9,11,17H2,1H3. The summed E-state index contributed by atoms with van der Waals surface area (Å²) in [6.45, 7) is 2.49. The molecule has 1 aromatic rings. The van der Waals surface area contributed by atoms with E-state index < -0.39 is 0 Å². The van der Waals surface area contributed by atoms with Crippen LogP contribution in [0.15, 0.2) is 18.2 Å². The average molecular weight is 259 g/mol. The molecule has 0 radical (unpaired) electrons. The molecule has 0 atom stereocenters. The van der Waals surface area contributed by atoms with E-state index >= 15 is 0 Å². The molecule has 19 heavy (non-hydrogen) atoms. The van der Waals surface area contributed by atoms with Crippen LogP contribution >= 0.6 is 0 Å².